The van der Waals surface area contributed by atoms with E-state index in [0.29, 0.717) is 0 Å². The minimum atomic E-state index is 1.19. The topological polar surface area (TPSA) is 0 Å². The molecule has 0 spiro atoms. The van der Waals surface area contributed by atoms with Crippen molar-refractivity contribution in [2.45, 2.75) is 78.1 Å². The highest BCUT2D eigenvalue weighted by Gasteiger charge is 2.11. The fourth-order valence-electron chi connectivity index (χ4n) is 5.81. The van der Waals surface area contributed by atoms with Crippen LogP contribution in [0.3, 0.4) is 0 Å². The predicted molar refractivity (Wildman–Crippen MR) is 221 cm³/mol. The Bertz CT molecular complexity index is 1750. The van der Waals surface area contributed by atoms with Gasteiger partial charge >= 0.3 is 0 Å². The number of benzene rings is 2. The molecule has 0 atom stereocenters. The molecular weight excluding hydrogens is 657 g/mol. The highest BCUT2D eigenvalue weighted by atomic mass is 32.1. The van der Waals surface area contributed by atoms with Gasteiger partial charge in [0, 0.05) is 39.0 Å². The van der Waals surface area contributed by atoms with Crippen LogP contribution in [0.5, 0.6) is 0 Å². The van der Waals surface area contributed by atoms with Crippen molar-refractivity contribution in [3.05, 3.63) is 129 Å². The zero-order valence-corrected chi connectivity index (χ0v) is 31.5. The van der Waals surface area contributed by atoms with E-state index in [-0.39, 0.29) is 0 Å². The van der Waals surface area contributed by atoms with Gasteiger partial charge in [-0.05, 0) is 109 Å². The molecule has 0 nitrogen and oxygen atoms in total. The third-order valence-corrected chi connectivity index (χ3v) is 13.5. The van der Waals surface area contributed by atoms with Crippen LogP contribution >= 0.6 is 45.3 Å². The standard InChI is InChI=1S/C44H46S4/c1-3-5-7-9-11-33-13-17-35(18-14-33)21-23-37-25-27-39(45-37)41-29-31-43(47-41)44-32-30-42(48-44)40-28-26-38(46-40)24-22-36-19-15-34(16-20-36)12-10-8-6-4-2/h13-32H,3-12H2,1-2H3/b23-21+,24-22+. The normalized spacial score (nSPS) is 11.8. The second kappa shape index (κ2) is 17.9. The first-order valence-corrected chi connectivity index (χ1v) is 20.9. The summed E-state index contributed by atoms with van der Waals surface area (Å²) in [5.41, 5.74) is 5.43. The van der Waals surface area contributed by atoms with Gasteiger partial charge in [0.25, 0.3) is 0 Å². The van der Waals surface area contributed by atoms with Gasteiger partial charge in [-0.1, -0.05) is 113 Å². The molecule has 6 aromatic rings. The molecule has 0 fully saturated rings. The van der Waals surface area contributed by atoms with Crippen LogP contribution < -0.4 is 0 Å². The van der Waals surface area contributed by atoms with Gasteiger partial charge in [-0.25, -0.2) is 0 Å². The largest absolute Gasteiger partial charge is 0.135 e. The Kier molecular flexibility index (Phi) is 12.9. The van der Waals surface area contributed by atoms with Crippen LogP contribution in [0, 0.1) is 0 Å². The van der Waals surface area contributed by atoms with Gasteiger partial charge in [-0.3, -0.25) is 0 Å². The lowest BCUT2D eigenvalue weighted by Crippen LogP contribution is -1.85. The van der Waals surface area contributed by atoms with E-state index in [9.17, 15) is 0 Å². The van der Waals surface area contributed by atoms with Gasteiger partial charge in [0.15, 0.2) is 0 Å². The molecule has 0 aliphatic heterocycles. The molecule has 0 aliphatic rings. The van der Waals surface area contributed by atoms with Crippen LogP contribution in [0.25, 0.3) is 53.6 Å². The molecule has 0 bridgehead atoms. The van der Waals surface area contributed by atoms with E-state index in [0.717, 1.165) is 0 Å². The highest BCUT2D eigenvalue weighted by molar-refractivity contribution is 7.28. The number of rotatable bonds is 17. The Morgan fingerprint density at radius 1 is 0.354 bits per heavy atom. The smallest absolute Gasteiger partial charge is 0.0449 e. The van der Waals surface area contributed by atoms with E-state index in [2.05, 4.69) is 135 Å². The average Bonchev–Trinajstić information content (AvgIpc) is 3.95. The molecule has 0 amide bonds. The van der Waals surface area contributed by atoms with E-state index >= 15 is 0 Å². The molecule has 6 rings (SSSR count). The van der Waals surface area contributed by atoms with E-state index in [1.54, 1.807) is 0 Å². The molecule has 2 aromatic carbocycles. The number of aryl methyl sites for hydroxylation is 2. The van der Waals surface area contributed by atoms with Crippen molar-refractivity contribution in [3.8, 4) is 29.3 Å². The maximum Gasteiger partial charge on any atom is 0.0449 e. The molecule has 0 N–H and O–H groups in total. The monoisotopic (exact) mass is 702 g/mol. The van der Waals surface area contributed by atoms with Gasteiger partial charge in [0.2, 0.25) is 0 Å². The van der Waals surface area contributed by atoms with Crippen LogP contribution in [0.4, 0.5) is 0 Å². The third kappa shape index (κ3) is 9.89. The zero-order valence-electron chi connectivity index (χ0n) is 28.3. The Hall–Kier alpha value is -3.28. The third-order valence-electron chi connectivity index (χ3n) is 8.67. The van der Waals surface area contributed by atoms with Crippen LogP contribution in [0.15, 0.2) is 97.1 Å². The maximum atomic E-state index is 2.29. The van der Waals surface area contributed by atoms with Gasteiger partial charge in [0.1, 0.15) is 0 Å². The van der Waals surface area contributed by atoms with Gasteiger partial charge in [0.05, 0.1) is 0 Å². The van der Waals surface area contributed by atoms with Gasteiger partial charge < -0.3 is 0 Å². The number of unbranched alkanes of at least 4 members (excludes halogenated alkanes) is 6. The summed E-state index contributed by atoms with van der Waals surface area (Å²) in [6, 6.07) is 36.3. The summed E-state index contributed by atoms with van der Waals surface area (Å²) >= 11 is 7.52. The second-order valence-corrected chi connectivity index (χ2v) is 16.9. The first-order valence-electron chi connectivity index (χ1n) is 17.6. The Morgan fingerprint density at radius 3 is 1.08 bits per heavy atom. The summed E-state index contributed by atoms with van der Waals surface area (Å²) in [5.74, 6) is 0. The van der Waals surface area contributed by atoms with Gasteiger partial charge in [-0.2, -0.15) is 0 Å². The van der Waals surface area contributed by atoms with E-state index < -0.39 is 0 Å². The summed E-state index contributed by atoms with van der Waals surface area (Å²) in [6.07, 6.45) is 21.9. The maximum absolute atomic E-state index is 2.29. The number of thiophene rings is 4. The van der Waals surface area contributed by atoms with Crippen molar-refractivity contribution in [2.24, 2.45) is 0 Å². The molecule has 4 heteroatoms. The van der Waals surface area contributed by atoms with Crippen molar-refractivity contribution in [1.29, 1.82) is 0 Å². The van der Waals surface area contributed by atoms with Gasteiger partial charge in [-0.15, -0.1) is 45.3 Å². The number of hydrogen-bond donors (Lipinski definition) is 0. The van der Waals surface area contributed by atoms with Crippen molar-refractivity contribution in [1.82, 2.24) is 0 Å². The van der Waals surface area contributed by atoms with E-state index in [1.165, 1.54) is 125 Å². The van der Waals surface area contributed by atoms with Crippen molar-refractivity contribution >= 4 is 69.7 Å². The summed E-state index contributed by atoms with van der Waals surface area (Å²) in [5, 5.41) is 0. The summed E-state index contributed by atoms with van der Waals surface area (Å²) in [6.45, 7) is 4.54. The molecule has 0 unspecified atom stereocenters. The summed E-state index contributed by atoms with van der Waals surface area (Å²) < 4.78 is 0. The molecule has 0 saturated heterocycles. The second-order valence-electron chi connectivity index (χ2n) is 12.5. The van der Waals surface area contributed by atoms with Crippen LogP contribution in [0.1, 0.15) is 97.2 Å². The fraction of sp³-hybridized carbons (Fsp3) is 0.273. The lowest BCUT2D eigenvalue weighted by molar-refractivity contribution is 0.667. The van der Waals surface area contributed by atoms with Crippen molar-refractivity contribution in [2.75, 3.05) is 0 Å². The SMILES string of the molecule is CCCCCCc1ccc(/C=C/c2ccc(-c3ccc(-c4ccc(-c5ccc(/C=C/c6ccc(CCCCCC)cc6)s5)s4)s3)s2)cc1. The Labute approximate surface area is 304 Å². The molecule has 0 aliphatic carbocycles. The summed E-state index contributed by atoms with van der Waals surface area (Å²) in [4.78, 5) is 10.6. The van der Waals surface area contributed by atoms with E-state index in [4.69, 9.17) is 0 Å². The van der Waals surface area contributed by atoms with Crippen LogP contribution in [-0.4, -0.2) is 0 Å². The van der Waals surface area contributed by atoms with Crippen LogP contribution in [0.2, 0.25) is 0 Å². The quantitative estimate of drug-likeness (QED) is 0.0830. The molecule has 0 radical (unpaired) electrons. The van der Waals surface area contributed by atoms with Crippen molar-refractivity contribution in [3.63, 3.8) is 0 Å². The average molecular weight is 703 g/mol. The molecule has 246 valence electrons. The van der Waals surface area contributed by atoms with E-state index in [1.807, 2.05) is 45.3 Å². The molecule has 4 aromatic heterocycles. The minimum absolute atomic E-state index is 1.19. The van der Waals surface area contributed by atoms with Crippen molar-refractivity contribution < 1.29 is 0 Å². The lowest BCUT2D eigenvalue weighted by Gasteiger charge is -2.02. The Morgan fingerprint density at radius 2 is 0.708 bits per heavy atom. The highest BCUT2D eigenvalue weighted by Crippen LogP contribution is 2.43. The minimum Gasteiger partial charge on any atom is -0.135 e. The molecule has 0 saturated carbocycles. The lowest BCUT2D eigenvalue weighted by atomic mass is 10.0. The molecule has 4 heterocycles. The molecular formula is C44H46S4. The van der Waals surface area contributed by atoms with Crippen LogP contribution in [-0.2, 0) is 12.8 Å². The predicted octanol–water partition coefficient (Wildman–Crippen LogP) is 15.5. The summed E-state index contributed by atoms with van der Waals surface area (Å²) in [7, 11) is 0. The Balaban J connectivity index is 1.03. The first-order chi connectivity index (χ1) is 23.7. The fourth-order valence-corrected chi connectivity index (χ4v) is 9.92. The molecule has 48 heavy (non-hydrogen) atoms. The first kappa shape index (κ1) is 34.6. The number of hydrogen-bond acceptors (Lipinski definition) is 4. The zero-order chi connectivity index (χ0) is 33.0.